The Morgan fingerprint density at radius 3 is 2.25 bits per heavy atom. The van der Waals surface area contributed by atoms with Crippen LogP contribution in [-0.2, 0) is 9.84 Å². The second-order valence-electron chi connectivity index (χ2n) is 5.27. The molecule has 1 heterocycles. The summed E-state index contributed by atoms with van der Waals surface area (Å²) in [5, 5.41) is 4.63. The summed E-state index contributed by atoms with van der Waals surface area (Å²) in [4.78, 5) is 0.242. The normalized spacial score (nSPS) is 11.5. The summed E-state index contributed by atoms with van der Waals surface area (Å²) in [7, 11) is -3.25. The molecule has 1 aromatic heterocycles. The first kappa shape index (κ1) is 16.5. The van der Waals surface area contributed by atoms with Crippen molar-refractivity contribution in [2.75, 3.05) is 6.26 Å². The van der Waals surface area contributed by atoms with Gasteiger partial charge in [-0.15, -0.1) is 0 Å². The molecule has 0 saturated carbocycles. The first-order valence-corrected chi connectivity index (χ1v) is 9.32. The number of sulfone groups is 1. The summed E-state index contributed by atoms with van der Waals surface area (Å²) >= 11 is 5.87. The summed E-state index contributed by atoms with van der Waals surface area (Å²) in [6.07, 6.45) is 1.16. The van der Waals surface area contributed by atoms with Crippen LogP contribution in [0.15, 0.2) is 57.9 Å². The summed E-state index contributed by atoms with van der Waals surface area (Å²) < 4.78 is 34.2. The van der Waals surface area contributed by atoms with Gasteiger partial charge in [0.1, 0.15) is 5.75 Å². The Labute approximate surface area is 144 Å². The van der Waals surface area contributed by atoms with Gasteiger partial charge in [0.2, 0.25) is 0 Å². The molecule has 2 aromatic carbocycles. The molecule has 5 nitrogen and oxygen atoms in total. The van der Waals surface area contributed by atoms with Crippen molar-refractivity contribution >= 4 is 21.4 Å². The molecule has 0 N–H and O–H groups in total. The van der Waals surface area contributed by atoms with Crippen LogP contribution >= 0.6 is 11.6 Å². The molecule has 0 fully saturated rings. The second kappa shape index (κ2) is 6.30. The molecule has 0 amide bonds. The zero-order chi connectivity index (χ0) is 17.3. The molecule has 0 bridgehead atoms. The van der Waals surface area contributed by atoms with E-state index in [4.69, 9.17) is 20.9 Å². The highest BCUT2D eigenvalue weighted by molar-refractivity contribution is 7.90. The molecule has 3 rings (SSSR count). The van der Waals surface area contributed by atoms with Crippen LogP contribution < -0.4 is 4.74 Å². The van der Waals surface area contributed by atoms with Gasteiger partial charge >= 0.3 is 0 Å². The monoisotopic (exact) mass is 363 g/mol. The van der Waals surface area contributed by atoms with Crippen LogP contribution in [-0.4, -0.2) is 19.8 Å². The number of hydrogen-bond donors (Lipinski definition) is 0. The van der Waals surface area contributed by atoms with Gasteiger partial charge in [0, 0.05) is 23.8 Å². The fourth-order valence-electron chi connectivity index (χ4n) is 2.15. The van der Waals surface area contributed by atoms with Gasteiger partial charge in [-0.25, -0.2) is 8.42 Å². The average molecular weight is 364 g/mol. The van der Waals surface area contributed by atoms with Gasteiger partial charge in [-0.3, -0.25) is 0 Å². The number of aromatic nitrogens is 1. The highest BCUT2D eigenvalue weighted by atomic mass is 35.5. The van der Waals surface area contributed by atoms with Crippen molar-refractivity contribution in [1.82, 2.24) is 5.16 Å². The second-order valence-corrected chi connectivity index (χ2v) is 7.72. The fourth-order valence-corrected chi connectivity index (χ4v) is 2.90. The number of benzene rings is 2. The van der Waals surface area contributed by atoms with E-state index in [1.54, 1.807) is 43.3 Å². The summed E-state index contributed by atoms with van der Waals surface area (Å²) in [6, 6.07) is 13.3. The van der Waals surface area contributed by atoms with E-state index in [1.807, 2.05) is 0 Å². The quantitative estimate of drug-likeness (QED) is 0.682. The minimum Gasteiger partial charge on any atom is -0.451 e. The largest absolute Gasteiger partial charge is 0.451 e. The SMILES string of the molecule is Cc1onc(-c2ccc(S(C)(=O)=O)cc2)c1Oc1ccc(Cl)cc1. The molecule has 24 heavy (non-hydrogen) atoms. The summed E-state index contributed by atoms with van der Waals surface area (Å²) in [5.41, 5.74) is 1.20. The van der Waals surface area contributed by atoms with Gasteiger partial charge in [-0.1, -0.05) is 28.9 Å². The topological polar surface area (TPSA) is 69.4 Å². The van der Waals surface area contributed by atoms with E-state index in [9.17, 15) is 8.42 Å². The zero-order valence-corrected chi connectivity index (χ0v) is 14.6. The maximum atomic E-state index is 11.6. The molecule has 7 heteroatoms. The highest BCUT2D eigenvalue weighted by Gasteiger charge is 2.18. The van der Waals surface area contributed by atoms with Crippen molar-refractivity contribution in [3.63, 3.8) is 0 Å². The highest BCUT2D eigenvalue weighted by Crippen LogP contribution is 2.36. The van der Waals surface area contributed by atoms with Gasteiger partial charge in [0.15, 0.2) is 27.0 Å². The third-order valence-electron chi connectivity index (χ3n) is 3.40. The minimum atomic E-state index is -3.25. The van der Waals surface area contributed by atoms with E-state index in [0.717, 1.165) is 6.26 Å². The van der Waals surface area contributed by atoms with Crippen LogP contribution in [0.2, 0.25) is 5.02 Å². The van der Waals surface area contributed by atoms with Gasteiger partial charge < -0.3 is 9.26 Å². The van der Waals surface area contributed by atoms with Crippen molar-refractivity contribution in [1.29, 1.82) is 0 Å². The Hall–Kier alpha value is -2.31. The lowest BCUT2D eigenvalue weighted by Crippen LogP contribution is -1.96. The molecule has 0 atom stereocenters. The van der Waals surface area contributed by atoms with E-state index >= 15 is 0 Å². The van der Waals surface area contributed by atoms with Crippen LogP contribution in [0.4, 0.5) is 0 Å². The maximum absolute atomic E-state index is 11.6. The lowest BCUT2D eigenvalue weighted by atomic mass is 10.1. The summed E-state index contributed by atoms with van der Waals surface area (Å²) in [6.45, 7) is 1.74. The lowest BCUT2D eigenvalue weighted by Gasteiger charge is -2.06. The Kier molecular flexibility index (Phi) is 4.34. The van der Waals surface area contributed by atoms with Crippen LogP contribution in [0.5, 0.6) is 11.5 Å². The van der Waals surface area contributed by atoms with Gasteiger partial charge in [-0.05, 0) is 36.4 Å². The number of halogens is 1. The Morgan fingerprint density at radius 1 is 1.04 bits per heavy atom. The Morgan fingerprint density at radius 2 is 1.67 bits per heavy atom. The molecular formula is C17H14ClNO4S. The van der Waals surface area contributed by atoms with Gasteiger partial charge in [0.05, 0.1) is 4.90 Å². The minimum absolute atomic E-state index is 0.242. The molecule has 0 aliphatic carbocycles. The Balaban J connectivity index is 1.96. The first-order chi connectivity index (χ1) is 11.3. The third-order valence-corrected chi connectivity index (χ3v) is 4.78. The average Bonchev–Trinajstić information content (AvgIpc) is 2.90. The number of ether oxygens (including phenoxy) is 1. The molecule has 0 aliphatic heterocycles. The van der Waals surface area contributed by atoms with E-state index in [0.29, 0.717) is 33.5 Å². The lowest BCUT2D eigenvalue weighted by molar-refractivity contribution is 0.387. The van der Waals surface area contributed by atoms with E-state index in [-0.39, 0.29) is 4.90 Å². The molecule has 0 spiro atoms. The molecule has 0 unspecified atom stereocenters. The Bertz CT molecular complexity index is 961. The molecule has 0 aliphatic rings. The van der Waals surface area contributed by atoms with Crippen LogP contribution in [0.3, 0.4) is 0 Å². The first-order valence-electron chi connectivity index (χ1n) is 7.05. The van der Waals surface area contributed by atoms with E-state index < -0.39 is 9.84 Å². The number of rotatable bonds is 4. The standard InChI is InChI=1S/C17H14ClNO4S/c1-11-17(22-14-7-5-13(18)6-8-14)16(19-23-11)12-3-9-15(10-4-12)24(2,20)21/h3-10H,1-2H3. The maximum Gasteiger partial charge on any atom is 0.197 e. The predicted molar refractivity (Wildman–Crippen MR) is 91.3 cm³/mol. The molecule has 0 saturated heterocycles. The van der Waals surface area contributed by atoms with Crippen LogP contribution in [0.25, 0.3) is 11.3 Å². The van der Waals surface area contributed by atoms with Gasteiger partial charge in [-0.2, -0.15) is 0 Å². The van der Waals surface area contributed by atoms with E-state index in [2.05, 4.69) is 5.16 Å². The predicted octanol–water partition coefficient (Wildman–Crippen LogP) is 4.50. The van der Waals surface area contributed by atoms with E-state index in [1.165, 1.54) is 12.1 Å². The molecule has 124 valence electrons. The number of hydrogen-bond acceptors (Lipinski definition) is 5. The van der Waals surface area contributed by atoms with Crippen LogP contribution in [0.1, 0.15) is 5.76 Å². The van der Waals surface area contributed by atoms with Crippen molar-refractivity contribution in [3.8, 4) is 22.8 Å². The van der Waals surface area contributed by atoms with Gasteiger partial charge in [0.25, 0.3) is 0 Å². The van der Waals surface area contributed by atoms with Crippen molar-refractivity contribution < 1.29 is 17.7 Å². The summed E-state index contributed by atoms with van der Waals surface area (Å²) in [5.74, 6) is 1.59. The van der Waals surface area contributed by atoms with Crippen molar-refractivity contribution in [2.24, 2.45) is 0 Å². The number of nitrogens with zero attached hydrogens (tertiary/aromatic N) is 1. The molecular weight excluding hydrogens is 350 g/mol. The fraction of sp³-hybridized carbons (Fsp3) is 0.118. The number of aryl methyl sites for hydroxylation is 1. The van der Waals surface area contributed by atoms with Crippen LogP contribution in [0, 0.1) is 6.92 Å². The van der Waals surface area contributed by atoms with Crippen molar-refractivity contribution in [2.45, 2.75) is 11.8 Å². The van der Waals surface area contributed by atoms with Crippen molar-refractivity contribution in [3.05, 3.63) is 59.3 Å². The third kappa shape index (κ3) is 3.44. The zero-order valence-electron chi connectivity index (χ0n) is 13.0. The molecule has 3 aromatic rings. The smallest absolute Gasteiger partial charge is 0.197 e. The molecule has 0 radical (unpaired) electrons.